The number of hydrogen-bond donors (Lipinski definition) is 1. The van der Waals surface area contributed by atoms with Crippen LogP contribution in [-0.2, 0) is 4.79 Å². The Morgan fingerprint density at radius 1 is 0.871 bits per heavy atom. The van der Waals surface area contributed by atoms with Crippen LogP contribution in [0.25, 0.3) is 0 Å². The number of nitrogens with one attached hydrogen (secondary N) is 1. The Labute approximate surface area is 183 Å². The molecule has 0 aromatic heterocycles. The number of amides is 3. The van der Waals surface area contributed by atoms with Crippen LogP contribution in [-0.4, -0.2) is 59.2 Å². The van der Waals surface area contributed by atoms with E-state index >= 15 is 0 Å². The van der Waals surface area contributed by atoms with Gasteiger partial charge < -0.3 is 15.1 Å². The zero-order chi connectivity index (χ0) is 21.8. The predicted octanol–water partition coefficient (Wildman–Crippen LogP) is 3.02. The van der Waals surface area contributed by atoms with E-state index in [-0.39, 0.29) is 29.8 Å². The van der Waals surface area contributed by atoms with Crippen molar-refractivity contribution in [1.29, 1.82) is 0 Å². The van der Waals surface area contributed by atoms with Crippen LogP contribution >= 0.6 is 0 Å². The summed E-state index contributed by atoms with van der Waals surface area (Å²) in [6, 6.07) is 16.4. The lowest BCUT2D eigenvalue weighted by Gasteiger charge is -2.35. The number of likely N-dealkylation sites (tertiary alicyclic amines) is 2. The van der Waals surface area contributed by atoms with E-state index in [1.165, 1.54) is 0 Å². The number of carbonyl (C=O) groups is 3. The first kappa shape index (κ1) is 21.1. The van der Waals surface area contributed by atoms with Crippen LogP contribution in [0.4, 0.5) is 0 Å². The summed E-state index contributed by atoms with van der Waals surface area (Å²) in [5.41, 5.74) is 2.28. The molecule has 1 unspecified atom stereocenters. The molecule has 6 heteroatoms. The van der Waals surface area contributed by atoms with Gasteiger partial charge in [0, 0.05) is 36.8 Å². The highest BCUT2D eigenvalue weighted by atomic mass is 16.2. The minimum Gasteiger partial charge on any atom is -0.349 e. The molecule has 1 N–H and O–H groups in total. The van der Waals surface area contributed by atoms with Gasteiger partial charge in [0.15, 0.2) is 0 Å². The minimum atomic E-state index is -0.384. The van der Waals surface area contributed by atoms with E-state index in [9.17, 15) is 14.4 Å². The smallest absolute Gasteiger partial charge is 0.254 e. The van der Waals surface area contributed by atoms with E-state index in [0.717, 1.165) is 24.8 Å². The van der Waals surface area contributed by atoms with Gasteiger partial charge in [0.1, 0.15) is 6.04 Å². The minimum absolute atomic E-state index is 0.0328. The number of piperidine rings is 1. The molecule has 0 radical (unpaired) electrons. The molecule has 162 valence electrons. The third-order valence-electron chi connectivity index (χ3n) is 6.35. The van der Waals surface area contributed by atoms with Crippen LogP contribution in [0.1, 0.15) is 52.0 Å². The van der Waals surface area contributed by atoms with Crippen molar-refractivity contribution in [3.8, 4) is 0 Å². The van der Waals surface area contributed by atoms with Crippen molar-refractivity contribution in [1.82, 2.24) is 15.1 Å². The van der Waals surface area contributed by atoms with Gasteiger partial charge >= 0.3 is 0 Å². The maximum atomic E-state index is 13.2. The molecular weight excluding hydrogens is 390 g/mol. The van der Waals surface area contributed by atoms with Gasteiger partial charge in [0.25, 0.3) is 11.8 Å². The van der Waals surface area contributed by atoms with Gasteiger partial charge in [-0.15, -0.1) is 0 Å². The van der Waals surface area contributed by atoms with Crippen LogP contribution in [0, 0.1) is 6.92 Å². The topological polar surface area (TPSA) is 69.7 Å². The molecule has 2 saturated heterocycles. The van der Waals surface area contributed by atoms with Crippen LogP contribution in [0.2, 0.25) is 0 Å². The third kappa shape index (κ3) is 4.63. The molecule has 0 bridgehead atoms. The number of carbonyl (C=O) groups excluding carboxylic acids is 3. The second kappa shape index (κ2) is 9.33. The van der Waals surface area contributed by atoms with Crippen molar-refractivity contribution in [2.45, 2.75) is 44.7 Å². The Hall–Kier alpha value is -3.15. The van der Waals surface area contributed by atoms with Crippen LogP contribution in [0.3, 0.4) is 0 Å². The SMILES string of the molecule is Cc1ccccc1C(=O)NC1CCN(C(=O)C2CCCN2C(=O)c2ccccc2)CC1. The van der Waals surface area contributed by atoms with E-state index < -0.39 is 0 Å². The summed E-state index contributed by atoms with van der Waals surface area (Å²) >= 11 is 0. The second-order valence-electron chi connectivity index (χ2n) is 8.41. The van der Waals surface area contributed by atoms with Crippen molar-refractivity contribution >= 4 is 17.7 Å². The highest BCUT2D eigenvalue weighted by Crippen LogP contribution is 2.24. The number of benzene rings is 2. The summed E-state index contributed by atoms with van der Waals surface area (Å²) in [7, 11) is 0. The average molecular weight is 420 g/mol. The van der Waals surface area contributed by atoms with Gasteiger partial charge in [-0.1, -0.05) is 36.4 Å². The van der Waals surface area contributed by atoms with Crippen molar-refractivity contribution in [2.24, 2.45) is 0 Å². The molecule has 4 rings (SSSR count). The lowest BCUT2D eigenvalue weighted by atomic mass is 10.0. The van der Waals surface area contributed by atoms with Gasteiger partial charge in [-0.3, -0.25) is 14.4 Å². The zero-order valence-corrected chi connectivity index (χ0v) is 17.9. The molecule has 2 aliphatic rings. The zero-order valence-electron chi connectivity index (χ0n) is 17.9. The number of rotatable bonds is 4. The lowest BCUT2D eigenvalue weighted by molar-refractivity contribution is -0.136. The summed E-state index contributed by atoms with van der Waals surface area (Å²) in [6.45, 7) is 3.75. The lowest BCUT2D eigenvalue weighted by Crippen LogP contribution is -2.52. The van der Waals surface area contributed by atoms with Gasteiger partial charge in [-0.25, -0.2) is 0 Å². The Morgan fingerprint density at radius 2 is 1.55 bits per heavy atom. The first-order chi connectivity index (χ1) is 15.0. The molecule has 6 nitrogen and oxygen atoms in total. The summed E-state index contributed by atoms with van der Waals surface area (Å²) < 4.78 is 0. The quantitative estimate of drug-likeness (QED) is 0.828. The van der Waals surface area contributed by atoms with Crippen molar-refractivity contribution in [3.63, 3.8) is 0 Å². The van der Waals surface area contributed by atoms with E-state index in [4.69, 9.17) is 0 Å². The first-order valence-corrected chi connectivity index (χ1v) is 11.1. The molecule has 2 heterocycles. The summed E-state index contributed by atoms with van der Waals surface area (Å²) in [4.78, 5) is 42.2. The number of aryl methyl sites for hydroxylation is 1. The fourth-order valence-corrected chi connectivity index (χ4v) is 4.56. The van der Waals surface area contributed by atoms with Gasteiger partial charge in [0.05, 0.1) is 0 Å². The fraction of sp³-hybridized carbons (Fsp3) is 0.400. The first-order valence-electron chi connectivity index (χ1n) is 11.1. The summed E-state index contributed by atoms with van der Waals surface area (Å²) in [5.74, 6) is -0.0967. The molecule has 3 amide bonds. The molecule has 31 heavy (non-hydrogen) atoms. The van der Waals surface area contributed by atoms with Gasteiger partial charge in [-0.2, -0.15) is 0 Å². The highest BCUT2D eigenvalue weighted by molar-refractivity contribution is 5.98. The molecule has 2 fully saturated rings. The van der Waals surface area contributed by atoms with E-state index in [2.05, 4.69) is 5.32 Å². The molecular formula is C25H29N3O3. The Bertz CT molecular complexity index is 951. The Morgan fingerprint density at radius 3 is 2.26 bits per heavy atom. The van der Waals surface area contributed by atoms with Crippen molar-refractivity contribution in [3.05, 3.63) is 71.3 Å². The van der Waals surface area contributed by atoms with E-state index in [1.54, 1.807) is 17.0 Å². The van der Waals surface area contributed by atoms with E-state index in [0.29, 0.717) is 37.2 Å². The number of hydrogen-bond acceptors (Lipinski definition) is 3. The standard InChI is InChI=1S/C25H29N3O3/c1-18-8-5-6-11-21(18)23(29)26-20-13-16-27(17-14-20)25(31)22-12-7-15-28(22)24(30)19-9-3-2-4-10-19/h2-6,8-11,20,22H,7,12-17H2,1H3,(H,26,29). The van der Waals surface area contributed by atoms with Crippen LogP contribution in [0.5, 0.6) is 0 Å². The van der Waals surface area contributed by atoms with E-state index in [1.807, 2.05) is 54.3 Å². The molecule has 2 aliphatic heterocycles. The maximum absolute atomic E-state index is 13.2. The molecule has 2 aromatic rings. The average Bonchev–Trinajstić information content (AvgIpc) is 3.29. The number of nitrogens with zero attached hydrogens (tertiary/aromatic N) is 2. The Kier molecular flexibility index (Phi) is 6.35. The predicted molar refractivity (Wildman–Crippen MR) is 119 cm³/mol. The third-order valence-corrected chi connectivity index (χ3v) is 6.35. The molecule has 0 aliphatic carbocycles. The maximum Gasteiger partial charge on any atom is 0.254 e. The molecule has 1 atom stereocenters. The van der Waals surface area contributed by atoms with Crippen molar-refractivity contribution < 1.29 is 14.4 Å². The summed E-state index contributed by atoms with van der Waals surface area (Å²) in [5, 5.41) is 3.11. The molecule has 2 aromatic carbocycles. The van der Waals surface area contributed by atoms with Crippen LogP contribution < -0.4 is 5.32 Å². The largest absolute Gasteiger partial charge is 0.349 e. The Balaban J connectivity index is 1.33. The second-order valence-corrected chi connectivity index (χ2v) is 8.41. The van der Waals surface area contributed by atoms with Gasteiger partial charge in [-0.05, 0) is 56.4 Å². The normalized spacial score (nSPS) is 19.3. The molecule has 0 saturated carbocycles. The van der Waals surface area contributed by atoms with Crippen molar-refractivity contribution in [2.75, 3.05) is 19.6 Å². The summed E-state index contributed by atoms with van der Waals surface area (Å²) in [6.07, 6.45) is 3.00. The fourth-order valence-electron chi connectivity index (χ4n) is 4.56. The highest BCUT2D eigenvalue weighted by Gasteiger charge is 2.38. The van der Waals surface area contributed by atoms with Crippen LogP contribution in [0.15, 0.2) is 54.6 Å². The molecule has 0 spiro atoms. The van der Waals surface area contributed by atoms with Gasteiger partial charge in [0.2, 0.25) is 5.91 Å². The monoisotopic (exact) mass is 419 g/mol.